The van der Waals surface area contributed by atoms with E-state index in [2.05, 4.69) is 22.8 Å². The summed E-state index contributed by atoms with van der Waals surface area (Å²) in [5.74, 6) is 1.46. The summed E-state index contributed by atoms with van der Waals surface area (Å²) in [6, 6.07) is 17.6. The van der Waals surface area contributed by atoms with Gasteiger partial charge in [-0.3, -0.25) is 9.59 Å². The van der Waals surface area contributed by atoms with E-state index in [4.69, 9.17) is 9.47 Å². The third kappa shape index (κ3) is 4.88. The molecule has 6 heteroatoms. The molecular weight excluding hydrogens is 368 g/mol. The summed E-state index contributed by atoms with van der Waals surface area (Å²) < 4.78 is 11.6. The van der Waals surface area contributed by atoms with Gasteiger partial charge in [0.2, 0.25) is 11.8 Å². The van der Waals surface area contributed by atoms with Crippen LogP contribution in [0.2, 0.25) is 0 Å². The zero-order chi connectivity index (χ0) is 20.1. The molecule has 0 radical (unpaired) electrons. The van der Waals surface area contributed by atoms with Gasteiger partial charge >= 0.3 is 0 Å². The minimum atomic E-state index is -0.348. The SMILES string of the molecule is O=C(CC[C@]1(Cc2ccccc2)CCC(=O)N1)NC[C@H]1COc2ccccc2O1. The smallest absolute Gasteiger partial charge is 0.220 e. The summed E-state index contributed by atoms with van der Waals surface area (Å²) in [5.41, 5.74) is 0.820. The summed E-state index contributed by atoms with van der Waals surface area (Å²) >= 11 is 0. The van der Waals surface area contributed by atoms with Crippen molar-refractivity contribution in [3.8, 4) is 11.5 Å². The van der Waals surface area contributed by atoms with Crippen LogP contribution in [-0.2, 0) is 16.0 Å². The number of para-hydroxylation sites is 2. The second-order valence-electron chi connectivity index (χ2n) is 7.79. The van der Waals surface area contributed by atoms with Crippen LogP contribution in [0, 0.1) is 0 Å². The second-order valence-corrected chi connectivity index (χ2v) is 7.79. The Morgan fingerprint density at radius 3 is 2.62 bits per heavy atom. The molecule has 2 aliphatic heterocycles. The topological polar surface area (TPSA) is 76.7 Å². The van der Waals surface area contributed by atoms with Crippen molar-refractivity contribution in [2.45, 2.75) is 43.7 Å². The second kappa shape index (κ2) is 8.55. The molecule has 1 saturated heterocycles. The molecule has 0 bridgehead atoms. The van der Waals surface area contributed by atoms with E-state index in [1.165, 1.54) is 5.56 Å². The number of amides is 2. The molecule has 2 aromatic carbocycles. The van der Waals surface area contributed by atoms with Gasteiger partial charge in [0.15, 0.2) is 11.5 Å². The predicted molar refractivity (Wildman–Crippen MR) is 109 cm³/mol. The molecule has 2 amide bonds. The summed E-state index contributed by atoms with van der Waals surface area (Å²) in [4.78, 5) is 24.3. The molecule has 152 valence electrons. The van der Waals surface area contributed by atoms with E-state index in [1.807, 2.05) is 42.5 Å². The summed E-state index contributed by atoms with van der Waals surface area (Å²) in [5, 5.41) is 6.07. The fraction of sp³-hybridized carbons (Fsp3) is 0.391. The van der Waals surface area contributed by atoms with E-state index in [0.717, 1.165) is 18.6 Å². The van der Waals surface area contributed by atoms with Gasteiger partial charge in [-0.25, -0.2) is 0 Å². The molecule has 1 fully saturated rings. The minimum Gasteiger partial charge on any atom is -0.486 e. The van der Waals surface area contributed by atoms with Crippen LogP contribution in [-0.4, -0.2) is 36.6 Å². The third-order valence-electron chi connectivity index (χ3n) is 5.55. The fourth-order valence-corrected chi connectivity index (χ4v) is 4.00. The Bertz CT molecular complexity index is 870. The van der Waals surface area contributed by atoms with Gasteiger partial charge in [-0.1, -0.05) is 42.5 Å². The Morgan fingerprint density at radius 2 is 1.86 bits per heavy atom. The van der Waals surface area contributed by atoms with Gasteiger partial charge in [-0.05, 0) is 37.0 Å². The first-order valence-corrected chi connectivity index (χ1v) is 10.1. The van der Waals surface area contributed by atoms with E-state index in [9.17, 15) is 9.59 Å². The number of ether oxygens (including phenoxy) is 2. The van der Waals surface area contributed by atoms with Crippen molar-refractivity contribution in [1.82, 2.24) is 10.6 Å². The van der Waals surface area contributed by atoms with Crippen LogP contribution in [0.4, 0.5) is 0 Å². The van der Waals surface area contributed by atoms with Crippen molar-refractivity contribution in [1.29, 1.82) is 0 Å². The molecular formula is C23H26N2O4. The largest absolute Gasteiger partial charge is 0.486 e. The van der Waals surface area contributed by atoms with Crippen molar-refractivity contribution in [2.24, 2.45) is 0 Å². The van der Waals surface area contributed by atoms with Crippen LogP contribution in [0.3, 0.4) is 0 Å². The number of benzene rings is 2. The Balaban J connectivity index is 1.28. The molecule has 2 atom stereocenters. The molecule has 0 spiro atoms. The lowest BCUT2D eigenvalue weighted by Crippen LogP contribution is -2.45. The van der Waals surface area contributed by atoms with Crippen LogP contribution in [0.15, 0.2) is 54.6 Å². The van der Waals surface area contributed by atoms with Crippen LogP contribution in [0.25, 0.3) is 0 Å². The highest BCUT2D eigenvalue weighted by Gasteiger charge is 2.37. The highest BCUT2D eigenvalue weighted by molar-refractivity contribution is 5.80. The zero-order valence-corrected chi connectivity index (χ0v) is 16.4. The molecule has 2 aliphatic rings. The number of carbonyl (C=O) groups excluding carboxylic acids is 2. The van der Waals surface area contributed by atoms with Gasteiger partial charge in [-0.15, -0.1) is 0 Å². The molecule has 29 heavy (non-hydrogen) atoms. The summed E-state index contributed by atoms with van der Waals surface area (Å²) in [6.45, 7) is 0.802. The normalized spacial score (nSPS) is 22.8. The van der Waals surface area contributed by atoms with Crippen molar-refractivity contribution in [2.75, 3.05) is 13.2 Å². The number of rotatable bonds is 7. The van der Waals surface area contributed by atoms with Crippen LogP contribution in [0.1, 0.15) is 31.2 Å². The highest BCUT2D eigenvalue weighted by Crippen LogP contribution is 2.31. The molecule has 2 aromatic rings. The number of hydrogen-bond donors (Lipinski definition) is 2. The van der Waals surface area contributed by atoms with Crippen molar-refractivity contribution >= 4 is 11.8 Å². The molecule has 6 nitrogen and oxygen atoms in total. The van der Waals surface area contributed by atoms with E-state index >= 15 is 0 Å². The molecule has 0 aliphatic carbocycles. The quantitative estimate of drug-likeness (QED) is 0.757. The van der Waals surface area contributed by atoms with Gasteiger partial charge in [0.05, 0.1) is 6.54 Å². The lowest BCUT2D eigenvalue weighted by molar-refractivity contribution is -0.123. The van der Waals surface area contributed by atoms with Crippen molar-refractivity contribution in [3.63, 3.8) is 0 Å². The van der Waals surface area contributed by atoms with E-state index in [1.54, 1.807) is 0 Å². The summed E-state index contributed by atoms with van der Waals surface area (Å²) in [6.07, 6.45) is 2.77. The van der Waals surface area contributed by atoms with Crippen molar-refractivity contribution in [3.05, 3.63) is 60.2 Å². The van der Waals surface area contributed by atoms with E-state index < -0.39 is 0 Å². The average molecular weight is 394 g/mol. The molecule has 0 unspecified atom stereocenters. The number of nitrogens with one attached hydrogen (secondary N) is 2. The first kappa shape index (κ1) is 19.3. The van der Waals surface area contributed by atoms with Crippen LogP contribution in [0.5, 0.6) is 11.5 Å². The molecule has 0 aromatic heterocycles. The van der Waals surface area contributed by atoms with Gasteiger partial charge in [-0.2, -0.15) is 0 Å². The Kier molecular flexibility index (Phi) is 5.69. The fourth-order valence-electron chi connectivity index (χ4n) is 4.00. The monoisotopic (exact) mass is 394 g/mol. The zero-order valence-electron chi connectivity index (χ0n) is 16.4. The third-order valence-corrected chi connectivity index (χ3v) is 5.55. The van der Waals surface area contributed by atoms with E-state index in [0.29, 0.717) is 38.2 Å². The predicted octanol–water partition coefficient (Wildman–Crippen LogP) is 2.61. The number of hydrogen-bond acceptors (Lipinski definition) is 4. The lowest BCUT2D eigenvalue weighted by atomic mass is 9.85. The Hall–Kier alpha value is -3.02. The van der Waals surface area contributed by atoms with Crippen LogP contribution < -0.4 is 20.1 Å². The number of carbonyl (C=O) groups is 2. The first-order valence-electron chi connectivity index (χ1n) is 10.1. The van der Waals surface area contributed by atoms with Crippen molar-refractivity contribution < 1.29 is 19.1 Å². The maximum atomic E-state index is 12.4. The average Bonchev–Trinajstić information content (AvgIpc) is 3.12. The van der Waals surface area contributed by atoms with E-state index in [-0.39, 0.29) is 23.5 Å². The van der Waals surface area contributed by atoms with Gasteiger partial charge < -0.3 is 20.1 Å². The summed E-state index contributed by atoms with van der Waals surface area (Å²) in [7, 11) is 0. The number of fused-ring (bicyclic) bond motifs is 1. The molecule has 2 N–H and O–H groups in total. The lowest BCUT2D eigenvalue weighted by Gasteiger charge is -2.30. The van der Waals surface area contributed by atoms with Gasteiger partial charge in [0.25, 0.3) is 0 Å². The minimum absolute atomic E-state index is 0.0407. The molecule has 4 rings (SSSR count). The van der Waals surface area contributed by atoms with Gasteiger partial charge in [0, 0.05) is 18.4 Å². The van der Waals surface area contributed by atoms with Gasteiger partial charge in [0.1, 0.15) is 12.7 Å². The maximum Gasteiger partial charge on any atom is 0.220 e. The molecule has 2 heterocycles. The maximum absolute atomic E-state index is 12.4. The highest BCUT2D eigenvalue weighted by atomic mass is 16.6. The Labute approximate surface area is 170 Å². The molecule has 0 saturated carbocycles. The Morgan fingerprint density at radius 1 is 1.10 bits per heavy atom. The van der Waals surface area contributed by atoms with Crippen LogP contribution >= 0.6 is 0 Å². The standard InChI is InChI=1S/C23H26N2O4/c26-21(24-15-18-16-28-19-8-4-5-9-20(19)29-18)10-12-23(13-11-22(27)25-23)14-17-6-2-1-3-7-17/h1-9,18H,10-16H2,(H,24,26)(H,25,27)/t18-,23+/m0/s1. The first-order chi connectivity index (χ1) is 14.1.